The van der Waals surface area contributed by atoms with Gasteiger partial charge in [-0.15, -0.1) is 0 Å². The van der Waals surface area contributed by atoms with E-state index in [-0.39, 0.29) is 5.75 Å². The van der Waals surface area contributed by atoms with E-state index in [1.165, 1.54) is 0 Å². The molecule has 0 spiro atoms. The van der Waals surface area contributed by atoms with E-state index in [1.54, 1.807) is 25.3 Å². The van der Waals surface area contributed by atoms with Crippen LogP contribution >= 0.6 is 15.9 Å². The zero-order valence-electron chi connectivity index (χ0n) is 9.85. The monoisotopic (exact) mass is 308 g/mol. The molecule has 1 heterocycles. The first-order chi connectivity index (χ1) is 8.69. The fourth-order valence-electron chi connectivity index (χ4n) is 1.51. The summed E-state index contributed by atoms with van der Waals surface area (Å²) in [6, 6.07) is 10.8. The maximum absolute atomic E-state index is 9.65. The minimum atomic E-state index is 0.270. The number of phenolic OH excluding ortho intramolecular Hbond substituents is 1. The Balaban J connectivity index is 2.11. The van der Waals surface area contributed by atoms with Gasteiger partial charge in [0.25, 0.3) is 0 Å². The number of rotatable bonds is 4. The van der Waals surface area contributed by atoms with Gasteiger partial charge in [-0.05, 0) is 12.1 Å². The predicted molar refractivity (Wildman–Crippen MR) is 73.9 cm³/mol. The maximum Gasteiger partial charge on any atom is 0.216 e. The van der Waals surface area contributed by atoms with Gasteiger partial charge >= 0.3 is 0 Å². The number of aromatic nitrogens is 1. The lowest BCUT2D eigenvalue weighted by molar-refractivity contribution is 0.398. The average Bonchev–Trinajstić information content (AvgIpc) is 2.37. The molecular weight excluding hydrogens is 296 g/mol. The fraction of sp³-hybridized carbons (Fsp3) is 0.154. The molecule has 0 unspecified atom stereocenters. The molecule has 0 saturated heterocycles. The molecule has 0 aliphatic carbocycles. The smallest absolute Gasteiger partial charge is 0.216 e. The molecule has 1 aromatic heterocycles. The van der Waals surface area contributed by atoms with Crippen molar-refractivity contribution in [2.45, 2.75) is 6.54 Å². The highest BCUT2D eigenvalue weighted by Gasteiger charge is 2.03. The largest absolute Gasteiger partial charge is 0.508 e. The third-order valence-electron chi connectivity index (χ3n) is 2.43. The van der Waals surface area contributed by atoms with Crippen LogP contribution in [0.25, 0.3) is 0 Å². The summed E-state index contributed by atoms with van der Waals surface area (Å²) >= 11 is 3.39. The molecule has 94 valence electrons. The molecular formula is C13H13BrN2O2. The maximum atomic E-state index is 9.65. The van der Waals surface area contributed by atoms with Crippen molar-refractivity contribution in [3.8, 4) is 11.6 Å². The van der Waals surface area contributed by atoms with Gasteiger partial charge in [-0.1, -0.05) is 34.1 Å². The van der Waals surface area contributed by atoms with Gasteiger partial charge < -0.3 is 15.2 Å². The van der Waals surface area contributed by atoms with Crippen molar-refractivity contribution >= 4 is 21.7 Å². The summed E-state index contributed by atoms with van der Waals surface area (Å²) in [4.78, 5) is 4.25. The normalized spacial score (nSPS) is 10.1. The first kappa shape index (κ1) is 12.7. The third-order valence-corrected chi connectivity index (χ3v) is 2.89. The van der Waals surface area contributed by atoms with E-state index < -0.39 is 0 Å². The van der Waals surface area contributed by atoms with Crippen molar-refractivity contribution < 1.29 is 9.84 Å². The second kappa shape index (κ2) is 5.73. The van der Waals surface area contributed by atoms with Crippen LogP contribution in [0.5, 0.6) is 11.6 Å². The van der Waals surface area contributed by atoms with Crippen molar-refractivity contribution in [2.75, 3.05) is 12.4 Å². The quantitative estimate of drug-likeness (QED) is 0.911. The molecule has 0 radical (unpaired) electrons. The lowest BCUT2D eigenvalue weighted by atomic mass is 10.2. The molecule has 18 heavy (non-hydrogen) atoms. The third kappa shape index (κ3) is 3.13. The number of ether oxygens (including phenoxy) is 1. The number of nitrogens with zero attached hydrogens (tertiary/aromatic N) is 1. The number of anilines is 1. The number of aromatic hydroxyl groups is 1. The van der Waals surface area contributed by atoms with Crippen LogP contribution < -0.4 is 10.1 Å². The molecule has 2 N–H and O–H groups in total. The number of nitrogens with one attached hydrogen (secondary N) is 1. The lowest BCUT2D eigenvalue weighted by Crippen LogP contribution is -2.02. The molecule has 0 aliphatic heterocycles. The average molecular weight is 309 g/mol. The standard InChI is InChI=1S/C13H13BrN2O2/c1-18-13-7-10(14)6-12(16-13)15-8-9-4-2-3-5-11(9)17/h2-7,17H,8H2,1H3,(H,15,16). The van der Waals surface area contributed by atoms with E-state index >= 15 is 0 Å². The molecule has 0 fully saturated rings. The SMILES string of the molecule is COc1cc(Br)cc(NCc2ccccc2O)n1. The Kier molecular flexibility index (Phi) is 4.04. The zero-order valence-corrected chi connectivity index (χ0v) is 11.4. The molecule has 0 saturated carbocycles. The molecule has 5 heteroatoms. The van der Waals surface area contributed by atoms with Crippen molar-refractivity contribution in [3.05, 3.63) is 46.4 Å². The lowest BCUT2D eigenvalue weighted by Gasteiger charge is -2.09. The van der Waals surface area contributed by atoms with Crippen molar-refractivity contribution in [2.24, 2.45) is 0 Å². The Bertz CT molecular complexity index is 546. The Hall–Kier alpha value is -1.75. The van der Waals surface area contributed by atoms with Crippen LogP contribution in [-0.2, 0) is 6.54 Å². The van der Waals surface area contributed by atoms with Crippen molar-refractivity contribution in [3.63, 3.8) is 0 Å². The first-order valence-electron chi connectivity index (χ1n) is 5.41. The summed E-state index contributed by atoms with van der Waals surface area (Å²) in [5, 5.41) is 12.8. The van der Waals surface area contributed by atoms with E-state index in [4.69, 9.17) is 4.74 Å². The number of para-hydroxylation sites is 1. The van der Waals surface area contributed by atoms with Crippen LogP contribution in [0.1, 0.15) is 5.56 Å². The van der Waals surface area contributed by atoms with Crippen LogP contribution in [-0.4, -0.2) is 17.2 Å². The zero-order chi connectivity index (χ0) is 13.0. The number of hydrogen-bond acceptors (Lipinski definition) is 4. The Morgan fingerprint density at radius 3 is 2.83 bits per heavy atom. The summed E-state index contributed by atoms with van der Waals surface area (Å²) in [6.45, 7) is 0.499. The van der Waals surface area contributed by atoms with E-state index in [9.17, 15) is 5.11 Å². The first-order valence-corrected chi connectivity index (χ1v) is 6.20. The van der Waals surface area contributed by atoms with Gasteiger partial charge in [0.05, 0.1) is 7.11 Å². The van der Waals surface area contributed by atoms with Gasteiger partial charge in [0.15, 0.2) is 0 Å². The van der Waals surface area contributed by atoms with Crippen molar-refractivity contribution in [1.29, 1.82) is 0 Å². The van der Waals surface area contributed by atoms with Crippen LogP contribution in [0.15, 0.2) is 40.9 Å². The van der Waals surface area contributed by atoms with Crippen LogP contribution in [0, 0.1) is 0 Å². The molecule has 0 aliphatic rings. The molecule has 1 aromatic carbocycles. The van der Waals surface area contributed by atoms with Gasteiger partial charge in [0.2, 0.25) is 5.88 Å². The Labute approximate surface area is 114 Å². The van der Waals surface area contributed by atoms with E-state index in [1.807, 2.05) is 18.2 Å². The number of methoxy groups -OCH3 is 1. The van der Waals surface area contributed by atoms with E-state index in [0.29, 0.717) is 18.2 Å². The second-order valence-electron chi connectivity index (χ2n) is 3.70. The second-order valence-corrected chi connectivity index (χ2v) is 4.61. The summed E-state index contributed by atoms with van der Waals surface area (Å²) in [6.07, 6.45) is 0. The number of pyridine rings is 1. The molecule has 0 atom stereocenters. The van der Waals surface area contributed by atoms with Crippen LogP contribution in [0.2, 0.25) is 0 Å². The number of phenols is 1. The van der Waals surface area contributed by atoms with Gasteiger partial charge in [-0.25, -0.2) is 0 Å². The number of hydrogen-bond donors (Lipinski definition) is 2. The van der Waals surface area contributed by atoms with Gasteiger partial charge in [0, 0.05) is 22.6 Å². The van der Waals surface area contributed by atoms with Crippen LogP contribution in [0.4, 0.5) is 5.82 Å². The predicted octanol–water partition coefficient (Wildman–Crippen LogP) is 3.17. The van der Waals surface area contributed by atoms with Gasteiger partial charge in [-0.3, -0.25) is 0 Å². The van der Waals surface area contributed by atoms with Gasteiger partial charge in [0.1, 0.15) is 11.6 Å². The molecule has 4 nitrogen and oxygen atoms in total. The molecule has 2 aromatic rings. The summed E-state index contributed by atoms with van der Waals surface area (Å²) in [5.74, 6) is 1.49. The molecule has 0 amide bonds. The van der Waals surface area contributed by atoms with E-state index in [0.717, 1.165) is 10.0 Å². The summed E-state index contributed by atoms with van der Waals surface area (Å²) in [7, 11) is 1.57. The molecule has 0 bridgehead atoms. The van der Waals surface area contributed by atoms with E-state index in [2.05, 4.69) is 26.2 Å². The Morgan fingerprint density at radius 2 is 2.11 bits per heavy atom. The van der Waals surface area contributed by atoms with Crippen LogP contribution in [0.3, 0.4) is 0 Å². The minimum Gasteiger partial charge on any atom is -0.508 e. The molecule has 2 rings (SSSR count). The van der Waals surface area contributed by atoms with Crippen molar-refractivity contribution in [1.82, 2.24) is 4.98 Å². The summed E-state index contributed by atoms with van der Waals surface area (Å²) < 4.78 is 5.96. The Morgan fingerprint density at radius 1 is 1.33 bits per heavy atom. The highest BCUT2D eigenvalue weighted by molar-refractivity contribution is 9.10. The highest BCUT2D eigenvalue weighted by Crippen LogP contribution is 2.22. The highest BCUT2D eigenvalue weighted by atomic mass is 79.9. The topological polar surface area (TPSA) is 54.4 Å². The minimum absolute atomic E-state index is 0.270. The van der Waals surface area contributed by atoms with Gasteiger partial charge in [-0.2, -0.15) is 4.98 Å². The summed E-state index contributed by atoms with van der Waals surface area (Å²) in [5.41, 5.74) is 0.818. The number of benzene rings is 1. The fourth-order valence-corrected chi connectivity index (χ4v) is 1.93. The number of halogens is 1.